The Balaban J connectivity index is 1.90. The predicted molar refractivity (Wildman–Crippen MR) is 88.3 cm³/mol. The van der Waals surface area contributed by atoms with Crippen LogP contribution < -0.4 is 14.8 Å². The number of nitrogens with zero attached hydrogens (tertiary/aromatic N) is 1. The monoisotopic (exact) mass is 353 g/mol. The molecule has 128 valence electrons. The van der Waals surface area contributed by atoms with E-state index in [1.54, 1.807) is 17.8 Å². The zero-order valence-electron chi connectivity index (χ0n) is 13.4. The molecule has 3 rings (SSSR count). The minimum Gasteiger partial charge on any atom is -0.485 e. The average molecular weight is 353 g/mol. The molecule has 0 saturated heterocycles. The third-order valence-electron chi connectivity index (χ3n) is 3.86. The largest absolute Gasteiger partial charge is 0.485 e. The molecule has 1 amide bonds. The number of hydrogen-bond acceptors (Lipinski definition) is 4. The second kappa shape index (κ2) is 6.45. The van der Waals surface area contributed by atoms with E-state index in [1.807, 2.05) is 13.8 Å². The first-order valence-corrected chi connectivity index (χ1v) is 8.23. The molecule has 0 bridgehead atoms. The molecule has 5 nitrogen and oxygen atoms in total. The van der Waals surface area contributed by atoms with E-state index in [0.29, 0.717) is 11.4 Å². The van der Waals surface area contributed by atoms with Gasteiger partial charge in [0, 0.05) is 25.0 Å². The van der Waals surface area contributed by atoms with Crippen LogP contribution in [0.3, 0.4) is 0 Å². The number of halogens is 2. The summed E-state index contributed by atoms with van der Waals surface area (Å²) in [5, 5.41) is 2.57. The van der Waals surface area contributed by atoms with Crippen molar-refractivity contribution in [3.63, 3.8) is 0 Å². The number of aryl methyl sites for hydroxylation is 1. The molecule has 0 saturated carbocycles. The number of aromatic nitrogens is 1. The molecule has 2 heterocycles. The average Bonchev–Trinajstić information content (AvgIpc) is 2.76. The number of anilines is 1. The fraction of sp³-hybridized carbons (Fsp3) is 0.312. The molecule has 2 unspecified atom stereocenters. The summed E-state index contributed by atoms with van der Waals surface area (Å²) >= 11 is 1.40. The van der Waals surface area contributed by atoms with E-state index in [4.69, 9.17) is 4.74 Å². The molecule has 1 aromatic carbocycles. The maximum atomic E-state index is 13.3. The fourth-order valence-electron chi connectivity index (χ4n) is 2.33. The Morgan fingerprint density at radius 2 is 2.08 bits per heavy atom. The van der Waals surface area contributed by atoms with E-state index in [0.717, 1.165) is 17.0 Å². The Bertz CT molecular complexity index is 794. The van der Waals surface area contributed by atoms with Gasteiger partial charge in [0.25, 0.3) is 5.91 Å². The predicted octanol–water partition coefficient (Wildman–Crippen LogP) is 3.32. The number of amides is 1. The van der Waals surface area contributed by atoms with Gasteiger partial charge in [0.2, 0.25) is 0 Å². The quantitative estimate of drug-likeness (QED) is 0.814. The molecule has 0 aliphatic carbocycles. The van der Waals surface area contributed by atoms with Crippen molar-refractivity contribution >= 4 is 23.5 Å². The van der Waals surface area contributed by atoms with Crippen molar-refractivity contribution in [1.82, 2.24) is 9.29 Å². The lowest BCUT2D eigenvalue weighted by molar-refractivity contribution is 0.101. The lowest BCUT2D eigenvalue weighted by atomic mass is 10.2. The fourth-order valence-corrected chi connectivity index (χ4v) is 3.28. The highest BCUT2D eigenvalue weighted by atomic mass is 32.2. The van der Waals surface area contributed by atoms with Crippen LogP contribution in [0.15, 0.2) is 29.3 Å². The van der Waals surface area contributed by atoms with Crippen molar-refractivity contribution in [2.45, 2.75) is 30.9 Å². The molecule has 24 heavy (non-hydrogen) atoms. The highest BCUT2D eigenvalue weighted by Gasteiger charge is 2.28. The summed E-state index contributed by atoms with van der Waals surface area (Å²) in [5.74, 6) is -1.95. The molecule has 1 aromatic heterocycles. The molecular weight excluding hydrogens is 336 g/mol. The molecule has 2 N–H and O–H groups in total. The van der Waals surface area contributed by atoms with Crippen LogP contribution in [0.1, 0.15) is 24.3 Å². The van der Waals surface area contributed by atoms with Gasteiger partial charge in [0.1, 0.15) is 6.10 Å². The van der Waals surface area contributed by atoms with Crippen molar-refractivity contribution in [1.29, 1.82) is 0 Å². The number of fused-ring (bicyclic) bond motifs is 1. The molecule has 8 heteroatoms. The summed E-state index contributed by atoms with van der Waals surface area (Å²) in [7, 11) is 1.73. The normalized spacial score (nSPS) is 20.0. The molecule has 0 fully saturated rings. The van der Waals surface area contributed by atoms with Gasteiger partial charge in [-0.1, -0.05) is 0 Å². The number of hydrogen-bond donors (Lipinski definition) is 2. The van der Waals surface area contributed by atoms with Gasteiger partial charge in [0.15, 0.2) is 23.1 Å². The summed E-state index contributed by atoms with van der Waals surface area (Å²) in [6.45, 7) is 3.90. The number of ether oxygens (including phenoxy) is 1. The molecule has 2 aromatic rings. The molecule has 0 radical (unpaired) electrons. The highest BCUT2D eigenvalue weighted by Crippen LogP contribution is 2.37. The molecule has 1 aliphatic rings. The van der Waals surface area contributed by atoms with E-state index >= 15 is 0 Å². The van der Waals surface area contributed by atoms with Crippen LogP contribution in [0.4, 0.5) is 14.5 Å². The highest BCUT2D eigenvalue weighted by molar-refractivity contribution is 7.97. The van der Waals surface area contributed by atoms with E-state index < -0.39 is 17.5 Å². The first-order chi connectivity index (χ1) is 11.4. The van der Waals surface area contributed by atoms with Gasteiger partial charge in [-0.3, -0.25) is 9.52 Å². The number of rotatable bonds is 2. The van der Waals surface area contributed by atoms with Crippen LogP contribution in [-0.2, 0) is 7.05 Å². The number of benzene rings is 1. The Hall–Kier alpha value is -2.06. The molecule has 1 aliphatic heterocycles. The summed E-state index contributed by atoms with van der Waals surface area (Å²) in [4.78, 5) is 13.4. The lowest BCUT2D eigenvalue weighted by Crippen LogP contribution is -2.34. The van der Waals surface area contributed by atoms with Crippen LogP contribution in [0.25, 0.3) is 0 Å². The van der Waals surface area contributed by atoms with Crippen LogP contribution in [-0.4, -0.2) is 22.6 Å². The summed E-state index contributed by atoms with van der Waals surface area (Å²) in [6, 6.07) is 3.32. The molecule has 2 atom stereocenters. The van der Waals surface area contributed by atoms with E-state index in [1.165, 1.54) is 18.0 Å². The minimum absolute atomic E-state index is 0.106. The third kappa shape index (κ3) is 3.11. The van der Waals surface area contributed by atoms with Crippen molar-refractivity contribution in [3.8, 4) is 5.75 Å². The SMILES string of the molecule is CC1NSc2cn(C)c(C(=O)Nc3ccc(F)c(F)c3)c2OC1C. The second-order valence-electron chi connectivity index (χ2n) is 5.70. The van der Waals surface area contributed by atoms with Crippen LogP contribution in [0.5, 0.6) is 5.75 Å². The summed E-state index contributed by atoms with van der Waals surface area (Å²) < 4.78 is 37.1. The van der Waals surface area contributed by atoms with Gasteiger partial charge >= 0.3 is 0 Å². The van der Waals surface area contributed by atoms with Gasteiger partial charge in [0.05, 0.1) is 10.9 Å². The Morgan fingerprint density at radius 3 is 2.79 bits per heavy atom. The zero-order valence-corrected chi connectivity index (χ0v) is 14.2. The third-order valence-corrected chi connectivity index (χ3v) is 4.86. The van der Waals surface area contributed by atoms with Crippen molar-refractivity contribution in [3.05, 3.63) is 41.7 Å². The maximum absolute atomic E-state index is 13.3. The second-order valence-corrected chi connectivity index (χ2v) is 6.58. The first kappa shape index (κ1) is 16.8. The van der Waals surface area contributed by atoms with Gasteiger partial charge < -0.3 is 14.6 Å². The van der Waals surface area contributed by atoms with Crippen molar-refractivity contribution in [2.24, 2.45) is 7.05 Å². The minimum atomic E-state index is -1.02. The van der Waals surface area contributed by atoms with Gasteiger partial charge in [-0.2, -0.15) is 0 Å². The van der Waals surface area contributed by atoms with E-state index in [9.17, 15) is 13.6 Å². The van der Waals surface area contributed by atoms with Gasteiger partial charge in [-0.25, -0.2) is 8.78 Å². The van der Waals surface area contributed by atoms with Gasteiger partial charge in [-0.05, 0) is 37.9 Å². The van der Waals surface area contributed by atoms with Crippen LogP contribution >= 0.6 is 11.9 Å². The standard InChI is InChI=1S/C16H17F2N3O2S/c1-8-9(2)23-15-13(24-20-8)7-21(3)14(15)16(22)19-10-4-5-11(17)12(18)6-10/h4-9,20H,1-3H3,(H,19,22). The molecular formula is C16H17F2N3O2S. The Morgan fingerprint density at radius 1 is 1.33 bits per heavy atom. The lowest BCUT2D eigenvalue weighted by Gasteiger charge is -2.18. The Labute approximate surface area is 142 Å². The molecule has 0 spiro atoms. The summed E-state index contributed by atoms with van der Waals surface area (Å²) in [6.07, 6.45) is 1.66. The topological polar surface area (TPSA) is 55.3 Å². The summed E-state index contributed by atoms with van der Waals surface area (Å²) in [5.41, 5.74) is 0.500. The number of carbonyl (C=O) groups is 1. The Kier molecular flexibility index (Phi) is 4.51. The van der Waals surface area contributed by atoms with Gasteiger partial charge in [-0.15, -0.1) is 0 Å². The smallest absolute Gasteiger partial charge is 0.276 e. The first-order valence-electron chi connectivity index (χ1n) is 7.41. The van der Waals surface area contributed by atoms with Crippen molar-refractivity contribution < 1.29 is 18.3 Å². The van der Waals surface area contributed by atoms with E-state index in [2.05, 4.69) is 10.0 Å². The van der Waals surface area contributed by atoms with Crippen LogP contribution in [0, 0.1) is 11.6 Å². The van der Waals surface area contributed by atoms with Crippen molar-refractivity contribution in [2.75, 3.05) is 5.32 Å². The van der Waals surface area contributed by atoms with Crippen LogP contribution in [0.2, 0.25) is 0 Å². The number of carbonyl (C=O) groups excluding carboxylic acids is 1. The zero-order chi connectivity index (χ0) is 17.4. The van der Waals surface area contributed by atoms with E-state index in [-0.39, 0.29) is 17.8 Å². The maximum Gasteiger partial charge on any atom is 0.276 e. The number of nitrogens with one attached hydrogen (secondary N) is 2.